The van der Waals surface area contributed by atoms with Crippen molar-refractivity contribution >= 4 is 9.04 Å². The van der Waals surface area contributed by atoms with Gasteiger partial charge >= 0.3 is 0 Å². The molecule has 15 heavy (non-hydrogen) atoms. The summed E-state index contributed by atoms with van der Waals surface area (Å²) in [5.74, 6) is 0. The molecule has 0 spiro atoms. The van der Waals surface area contributed by atoms with Crippen molar-refractivity contribution in [2.75, 3.05) is 6.61 Å². The van der Waals surface area contributed by atoms with E-state index in [2.05, 4.69) is 43.0 Å². The van der Waals surface area contributed by atoms with E-state index in [9.17, 15) is 0 Å². The third kappa shape index (κ3) is 2.58. The Bertz CT molecular complexity index is 304. The van der Waals surface area contributed by atoms with Crippen molar-refractivity contribution in [2.45, 2.75) is 24.4 Å². The van der Waals surface area contributed by atoms with Crippen molar-refractivity contribution in [3.63, 3.8) is 0 Å². The molecule has 1 unspecified atom stereocenters. The highest BCUT2D eigenvalue weighted by Gasteiger charge is 2.26. The Hall–Kier alpha value is -0.863. The Morgan fingerprint density at radius 1 is 1.27 bits per heavy atom. The summed E-state index contributed by atoms with van der Waals surface area (Å²) in [5.41, 5.74) is 1.82. The number of benzene rings is 1. The van der Waals surface area contributed by atoms with Crippen molar-refractivity contribution in [3.8, 4) is 0 Å². The van der Waals surface area contributed by atoms with E-state index in [1.165, 1.54) is 24.4 Å². The second-order valence-electron chi connectivity index (χ2n) is 3.90. The minimum atomic E-state index is -0.708. The quantitative estimate of drug-likeness (QED) is 0.557. The summed E-state index contributed by atoms with van der Waals surface area (Å²) in [6.07, 6.45) is 4.62. The summed E-state index contributed by atoms with van der Waals surface area (Å²) >= 11 is 0. The molecular weight excluding hydrogens is 200 g/mol. The summed E-state index contributed by atoms with van der Waals surface area (Å²) in [4.78, 5) is 0. The molecule has 79 valence electrons. The van der Waals surface area contributed by atoms with Crippen LogP contribution in [0.25, 0.3) is 0 Å². The van der Waals surface area contributed by atoms with Crippen molar-refractivity contribution < 1.29 is 4.43 Å². The molecule has 1 atom stereocenters. The van der Waals surface area contributed by atoms with Crippen LogP contribution in [0.5, 0.6) is 0 Å². The maximum absolute atomic E-state index is 5.92. The summed E-state index contributed by atoms with van der Waals surface area (Å²) in [7, 11) is -0.708. The van der Waals surface area contributed by atoms with E-state index in [1.54, 1.807) is 0 Å². The van der Waals surface area contributed by atoms with Crippen LogP contribution in [0.3, 0.4) is 0 Å². The topological polar surface area (TPSA) is 9.23 Å². The normalized spacial score (nSPS) is 19.7. The zero-order valence-corrected chi connectivity index (χ0v) is 9.99. The maximum Gasteiger partial charge on any atom is 0.223 e. The van der Waals surface area contributed by atoms with Crippen LogP contribution in [-0.2, 0) is 4.43 Å². The second kappa shape index (κ2) is 5.28. The van der Waals surface area contributed by atoms with Gasteiger partial charge in [-0.3, -0.25) is 0 Å². The highest BCUT2D eigenvalue weighted by molar-refractivity contribution is 6.54. The van der Waals surface area contributed by atoms with E-state index in [4.69, 9.17) is 4.43 Å². The van der Waals surface area contributed by atoms with Crippen LogP contribution >= 0.6 is 0 Å². The van der Waals surface area contributed by atoms with Gasteiger partial charge in [-0.25, -0.2) is 0 Å². The molecular formula is C13H17OSi. The summed E-state index contributed by atoms with van der Waals surface area (Å²) in [6.45, 7) is 4.91. The number of hydrogen-bond donors (Lipinski definition) is 0. The van der Waals surface area contributed by atoms with Gasteiger partial charge < -0.3 is 4.43 Å². The van der Waals surface area contributed by atoms with Crippen molar-refractivity contribution in [1.29, 1.82) is 0 Å². The third-order valence-corrected chi connectivity index (χ3v) is 5.53. The van der Waals surface area contributed by atoms with Crippen molar-refractivity contribution in [1.82, 2.24) is 0 Å². The molecule has 1 aliphatic heterocycles. The van der Waals surface area contributed by atoms with Gasteiger partial charge in [-0.2, -0.15) is 0 Å². The summed E-state index contributed by atoms with van der Waals surface area (Å²) in [6, 6.07) is 11.9. The fourth-order valence-electron chi connectivity index (χ4n) is 2.04. The maximum atomic E-state index is 5.92. The Kier molecular flexibility index (Phi) is 3.75. The molecule has 0 amide bonds. The Balaban J connectivity index is 2.12. The highest BCUT2D eigenvalue weighted by atomic mass is 28.3. The Morgan fingerprint density at radius 2 is 2.07 bits per heavy atom. The molecule has 0 bridgehead atoms. The van der Waals surface area contributed by atoms with Crippen LogP contribution in [0.15, 0.2) is 43.0 Å². The largest absolute Gasteiger partial charge is 0.416 e. The first-order valence-corrected chi connectivity index (χ1v) is 7.27. The van der Waals surface area contributed by atoms with Gasteiger partial charge in [0.1, 0.15) is 0 Å². The lowest BCUT2D eigenvalue weighted by Gasteiger charge is -2.26. The molecule has 2 rings (SSSR count). The Labute approximate surface area is 93.5 Å². The predicted molar refractivity (Wildman–Crippen MR) is 65.1 cm³/mol. The van der Waals surface area contributed by atoms with Gasteiger partial charge in [0.2, 0.25) is 9.04 Å². The van der Waals surface area contributed by atoms with Crippen LogP contribution < -0.4 is 0 Å². The first-order chi connectivity index (χ1) is 7.42. The van der Waals surface area contributed by atoms with E-state index < -0.39 is 9.04 Å². The molecule has 1 aromatic rings. The van der Waals surface area contributed by atoms with Gasteiger partial charge in [-0.15, -0.1) is 6.58 Å². The highest BCUT2D eigenvalue weighted by Crippen LogP contribution is 2.26. The molecule has 1 aliphatic rings. The first kappa shape index (κ1) is 10.6. The molecule has 0 N–H and O–H groups in total. The summed E-state index contributed by atoms with van der Waals surface area (Å²) in [5, 5.41) is 0. The fourth-order valence-corrected chi connectivity index (χ4v) is 4.50. The van der Waals surface area contributed by atoms with Crippen LogP contribution in [0.1, 0.15) is 23.9 Å². The molecule has 2 heteroatoms. The molecule has 1 aromatic carbocycles. The average Bonchev–Trinajstić information content (AvgIpc) is 2.33. The first-order valence-electron chi connectivity index (χ1n) is 5.58. The summed E-state index contributed by atoms with van der Waals surface area (Å²) < 4.78 is 5.92. The third-order valence-electron chi connectivity index (χ3n) is 2.85. The number of rotatable bonds is 3. The lowest BCUT2D eigenvalue weighted by Crippen LogP contribution is -2.30. The molecule has 0 saturated carbocycles. The lowest BCUT2D eigenvalue weighted by atomic mass is 10.1. The molecule has 1 nitrogen and oxygen atoms in total. The standard InChI is InChI=1S/C13H17OSi/c1-2-13(12-8-4-3-5-9-12)15-11-7-6-10-14-15/h2-5,8-9,13H,1,6-7,10-11H2. The minimum absolute atomic E-state index is 0.455. The van der Waals surface area contributed by atoms with Gasteiger partial charge in [0.15, 0.2) is 0 Å². The van der Waals surface area contributed by atoms with Gasteiger partial charge in [-0.05, 0) is 18.0 Å². The van der Waals surface area contributed by atoms with Gasteiger partial charge in [-0.1, -0.05) is 42.8 Å². The van der Waals surface area contributed by atoms with Crippen LogP contribution in [0.4, 0.5) is 0 Å². The monoisotopic (exact) mass is 217 g/mol. The predicted octanol–water partition coefficient (Wildman–Crippen LogP) is 3.30. The van der Waals surface area contributed by atoms with Gasteiger partial charge in [0.05, 0.1) is 0 Å². The van der Waals surface area contributed by atoms with Gasteiger partial charge in [0, 0.05) is 12.1 Å². The molecule has 0 aromatic heterocycles. The molecule has 0 aliphatic carbocycles. The average molecular weight is 217 g/mol. The molecule has 1 heterocycles. The second-order valence-corrected chi connectivity index (χ2v) is 6.24. The SMILES string of the molecule is C=CC(c1ccccc1)[Si]1CCCCO1. The minimum Gasteiger partial charge on any atom is -0.416 e. The molecule has 1 radical (unpaired) electrons. The number of hydrogen-bond acceptors (Lipinski definition) is 1. The number of allylic oxidation sites excluding steroid dienone is 1. The molecule has 1 saturated heterocycles. The van der Waals surface area contributed by atoms with Crippen molar-refractivity contribution in [2.24, 2.45) is 0 Å². The zero-order valence-electron chi connectivity index (χ0n) is 8.99. The van der Waals surface area contributed by atoms with Crippen LogP contribution in [-0.4, -0.2) is 15.6 Å². The lowest BCUT2D eigenvalue weighted by molar-refractivity contribution is 0.283. The van der Waals surface area contributed by atoms with E-state index in [-0.39, 0.29) is 0 Å². The van der Waals surface area contributed by atoms with E-state index in [0.29, 0.717) is 5.54 Å². The van der Waals surface area contributed by atoms with E-state index >= 15 is 0 Å². The van der Waals surface area contributed by atoms with Crippen LogP contribution in [0.2, 0.25) is 6.04 Å². The van der Waals surface area contributed by atoms with Crippen molar-refractivity contribution in [3.05, 3.63) is 48.6 Å². The smallest absolute Gasteiger partial charge is 0.223 e. The zero-order chi connectivity index (χ0) is 10.5. The van der Waals surface area contributed by atoms with E-state index in [0.717, 1.165) is 6.61 Å². The Morgan fingerprint density at radius 3 is 2.67 bits per heavy atom. The fraction of sp³-hybridized carbons (Fsp3) is 0.385. The van der Waals surface area contributed by atoms with Crippen LogP contribution in [0, 0.1) is 0 Å². The molecule has 1 fully saturated rings. The van der Waals surface area contributed by atoms with E-state index in [1.807, 2.05) is 0 Å². The van der Waals surface area contributed by atoms with Gasteiger partial charge in [0.25, 0.3) is 0 Å².